The minimum absolute atomic E-state index is 0.103. The number of carbonyl (C=O) groups is 3. The standard InChI is InChI=1S/C16H15N3O4S2/c1-9-8-24-16(17-9)19-13(20)7-23-14(21)6-12-15(22)18-10-4-2-3-5-11(10)25-12/h2-5,8,12H,6-7H2,1H3,(H,18,22)(H,17,19,20)/t12-/m0/s1. The van der Waals surface area contributed by atoms with Gasteiger partial charge in [-0.3, -0.25) is 19.7 Å². The first kappa shape index (κ1) is 17.4. The topological polar surface area (TPSA) is 97.4 Å². The molecule has 0 saturated heterocycles. The molecule has 9 heteroatoms. The maximum absolute atomic E-state index is 12.0. The number of rotatable bonds is 5. The molecule has 2 heterocycles. The van der Waals surface area contributed by atoms with E-state index in [0.29, 0.717) is 5.13 Å². The average Bonchev–Trinajstić information content (AvgIpc) is 2.98. The van der Waals surface area contributed by atoms with E-state index in [9.17, 15) is 14.4 Å². The summed E-state index contributed by atoms with van der Waals surface area (Å²) in [6.07, 6.45) is -0.103. The number of fused-ring (bicyclic) bond motifs is 1. The van der Waals surface area contributed by atoms with Crippen LogP contribution in [0.3, 0.4) is 0 Å². The first-order valence-corrected chi connectivity index (χ1v) is 9.21. The number of thiazole rings is 1. The highest BCUT2D eigenvalue weighted by Gasteiger charge is 2.29. The number of nitrogens with zero attached hydrogens (tertiary/aromatic N) is 1. The van der Waals surface area contributed by atoms with Gasteiger partial charge in [0.15, 0.2) is 11.7 Å². The number of aryl methyl sites for hydroxylation is 1. The lowest BCUT2D eigenvalue weighted by Crippen LogP contribution is -2.32. The molecule has 1 aliphatic heterocycles. The molecule has 1 aromatic heterocycles. The van der Waals surface area contributed by atoms with E-state index in [1.54, 1.807) is 11.4 Å². The number of hydrogen-bond donors (Lipinski definition) is 2. The summed E-state index contributed by atoms with van der Waals surface area (Å²) in [6, 6.07) is 7.38. The number of amides is 2. The maximum Gasteiger partial charge on any atom is 0.307 e. The van der Waals surface area contributed by atoms with Gasteiger partial charge in [0, 0.05) is 10.3 Å². The number of anilines is 2. The number of para-hydroxylation sites is 1. The van der Waals surface area contributed by atoms with E-state index in [1.165, 1.54) is 23.1 Å². The van der Waals surface area contributed by atoms with Crippen LogP contribution in [0.25, 0.3) is 0 Å². The molecule has 0 saturated carbocycles. The summed E-state index contributed by atoms with van der Waals surface area (Å²) in [5.74, 6) is -1.31. The lowest BCUT2D eigenvalue weighted by molar-refractivity contribution is -0.147. The van der Waals surface area contributed by atoms with Crippen molar-refractivity contribution < 1.29 is 19.1 Å². The van der Waals surface area contributed by atoms with Gasteiger partial charge in [-0.25, -0.2) is 4.98 Å². The number of thioether (sulfide) groups is 1. The molecule has 2 aromatic rings. The van der Waals surface area contributed by atoms with Crippen LogP contribution in [0.15, 0.2) is 34.5 Å². The average molecular weight is 377 g/mol. The van der Waals surface area contributed by atoms with E-state index in [2.05, 4.69) is 15.6 Å². The van der Waals surface area contributed by atoms with E-state index in [-0.39, 0.29) is 12.3 Å². The number of ether oxygens (including phenoxy) is 1. The van der Waals surface area contributed by atoms with Crippen LogP contribution in [0.1, 0.15) is 12.1 Å². The van der Waals surface area contributed by atoms with Crippen molar-refractivity contribution in [2.24, 2.45) is 0 Å². The second kappa shape index (κ2) is 7.66. The van der Waals surface area contributed by atoms with Gasteiger partial charge in [0.05, 0.1) is 23.1 Å². The van der Waals surface area contributed by atoms with Gasteiger partial charge in [0.2, 0.25) is 5.91 Å². The fourth-order valence-electron chi connectivity index (χ4n) is 2.15. The fourth-order valence-corrected chi connectivity index (χ4v) is 3.95. The Bertz CT molecular complexity index is 821. The molecule has 1 aromatic carbocycles. The lowest BCUT2D eigenvalue weighted by Gasteiger charge is -2.23. The molecule has 25 heavy (non-hydrogen) atoms. The van der Waals surface area contributed by atoms with Crippen LogP contribution in [0.5, 0.6) is 0 Å². The maximum atomic E-state index is 12.0. The van der Waals surface area contributed by atoms with Crippen LogP contribution in [0.4, 0.5) is 10.8 Å². The Morgan fingerprint density at radius 2 is 2.16 bits per heavy atom. The van der Waals surface area contributed by atoms with Gasteiger partial charge in [0.25, 0.3) is 5.91 Å². The van der Waals surface area contributed by atoms with Crippen molar-refractivity contribution in [1.29, 1.82) is 0 Å². The summed E-state index contributed by atoms with van der Waals surface area (Å²) in [5.41, 5.74) is 1.54. The third kappa shape index (κ3) is 4.58. The summed E-state index contributed by atoms with van der Waals surface area (Å²) in [5, 5.41) is 6.99. The molecule has 2 amide bonds. The van der Waals surface area contributed by atoms with Gasteiger partial charge in [0.1, 0.15) is 0 Å². The van der Waals surface area contributed by atoms with E-state index in [0.717, 1.165) is 16.3 Å². The Kier molecular flexibility index (Phi) is 5.34. The Morgan fingerprint density at radius 3 is 2.92 bits per heavy atom. The molecule has 3 rings (SSSR count). The zero-order chi connectivity index (χ0) is 17.8. The minimum atomic E-state index is -0.600. The van der Waals surface area contributed by atoms with Crippen molar-refractivity contribution in [3.8, 4) is 0 Å². The second-order valence-corrected chi connectivity index (χ2v) is 7.40. The number of aromatic nitrogens is 1. The molecule has 7 nitrogen and oxygen atoms in total. The van der Waals surface area contributed by atoms with Gasteiger partial charge in [-0.2, -0.15) is 0 Å². The zero-order valence-corrected chi connectivity index (χ0v) is 14.9. The molecule has 0 unspecified atom stereocenters. The van der Waals surface area contributed by atoms with Crippen LogP contribution < -0.4 is 10.6 Å². The van der Waals surface area contributed by atoms with Crippen LogP contribution >= 0.6 is 23.1 Å². The number of benzene rings is 1. The van der Waals surface area contributed by atoms with Gasteiger partial charge >= 0.3 is 5.97 Å². The monoisotopic (exact) mass is 377 g/mol. The van der Waals surface area contributed by atoms with Gasteiger partial charge < -0.3 is 10.1 Å². The van der Waals surface area contributed by atoms with Crippen LogP contribution in [-0.2, 0) is 19.1 Å². The predicted molar refractivity (Wildman–Crippen MR) is 95.8 cm³/mol. The van der Waals surface area contributed by atoms with Crippen molar-refractivity contribution in [2.75, 3.05) is 17.2 Å². The summed E-state index contributed by atoms with van der Waals surface area (Å²) in [4.78, 5) is 40.7. The summed E-state index contributed by atoms with van der Waals surface area (Å²) in [7, 11) is 0. The summed E-state index contributed by atoms with van der Waals surface area (Å²) >= 11 is 2.61. The highest BCUT2D eigenvalue weighted by molar-refractivity contribution is 8.01. The summed E-state index contributed by atoms with van der Waals surface area (Å²) in [6.45, 7) is 1.41. The van der Waals surface area contributed by atoms with Crippen LogP contribution in [-0.4, -0.2) is 34.6 Å². The van der Waals surface area contributed by atoms with E-state index in [1.807, 2.05) is 25.1 Å². The van der Waals surface area contributed by atoms with Gasteiger partial charge in [-0.15, -0.1) is 23.1 Å². The highest BCUT2D eigenvalue weighted by atomic mass is 32.2. The first-order valence-electron chi connectivity index (χ1n) is 7.45. The molecular formula is C16H15N3O4S2. The van der Waals surface area contributed by atoms with Crippen molar-refractivity contribution in [1.82, 2.24) is 4.98 Å². The number of carbonyl (C=O) groups excluding carboxylic acids is 3. The lowest BCUT2D eigenvalue weighted by atomic mass is 10.2. The van der Waals surface area contributed by atoms with E-state index < -0.39 is 23.7 Å². The normalized spacial score (nSPS) is 15.9. The highest BCUT2D eigenvalue weighted by Crippen LogP contribution is 2.36. The minimum Gasteiger partial charge on any atom is -0.456 e. The van der Waals surface area contributed by atoms with E-state index in [4.69, 9.17) is 4.74 Å². The quantitative estimate of drug-likeness (QED) is 0.777. The Hall–Kier alpha value is -2.39. The molecule has 2 N–H and O–H groups in total. The van der Waals surface area contributed by atoms with Crippen molar-refractivity contribution in [3.63, 3.8) is 0 Å². The fraction of sp³-hybridized carbons (Fsp3) is 0.250. The van der Waals surface area contributed by atoms with Gasteiger partial charge in [-0.05, 0) is 19.1 Å². The molecule has 0 spiro atoms. The smallest absolute Gasteiger partial charge is 0.307 e. The van der Waals surface area contributed by atoms with Crippen molar-refractivity contribution >= 4 is 51.7 Å². The van der Waals surface area contributed by atoms with Crippen molar-refractivity contribution in [2.45, 2.75) is 23.5 Å². The number of hydrogen-bond acceptors (Lipinski definition) is 7. The molecule has 130 valence electrons. The first-order chi connectivity index (χ1) is 12.0. The molecule has 1 atom stereocenters. The molecule has 0 aliphatic carbocycles. The zero-order valence-electron chi connectivity index (χ0n) is 13.3. The summed E-state index contributed by atoms with van der Waals surface area (Å²) < 4.78 is 4.95. The number of nitrogens with one attached hydrogen (secondary N) is 2. The molecule has 1 aliphatic rings. The Morgan fingerprint density at radius 1 is 1.36 bits per heavy atom. The SMILES string of the molecule is Cc1csc(NC(=O)COC(=O)C[C@@H]2Sc3ccccc3NC2=O)n1. The third-order valence-electron chi connectivity index (χ3n) is 3.29. The third-order valence-corrected chi connectivity index (χ3v) is 5.44. The van der Waals surface area contributed by atoms with Crippen LogP contribution in [0.2, 0.25) is 0 Å². The van der Waals surface area contributed by atoms with Crippen LogP contribution in [0, 0.1) is 6.92 Å². The Balaban J connectivity index is 1.48. The Labute approximate surface area is 152 Å². The van der Waals surface area contributed by atoms with E-state index >= 15 is 0 Å². The molecule has 0 radical (unpaired) electrons. The molecule has 0 fully saturated rings. The predicted octanol–water partition coefficient (Wildman–Crippen LogP) is 2.44. The largest absolute Gasteiger partial charge is 0.456 e. The molecular weight excluding hydrogens is 362 g/mol. The second-order valence-electron chi connectivity index (χ2n) is 5.30. The van der Waals surface area contributed by atoms with Crippen molar-refractivity contribution in [3.05, 3.63) is 35.3 Å². The molecule has 0 bridgehead atoms. The van der Waals surface area contributed by atoms with Gasteiger partial charge in [-0.1, -0.05) is 12.1 Å². The number of esters is 1.